The molecule has 8 heteroatoms. The van der Waals surface area contributed by atoms with Crippen LogP contribution in [0.3, 0.4) is 0 Å². The Hall–Kier alpha value is -2.51. The maximum absolute atomic E-state index is 13.0. The fourth-order valence-electron chi connectivity index (χ4n) is 2.72. The van der Waals surface area contributed by atoms with Gasteiger partial charge in [-0.1, -0.05) is 23.7 Å². The number of nitrogens with one attached hydrogen (secondary N) is 1. The van der Waals surface area contributed by atoms with Crippen LogP contribution in [0.15, 0.2) is 47.4 Å². The number of carbonyl (C=O) groups excluding carboxylic acids is 3. The summed E-state index contributed by atoms with van der Waals surface area (Å²) in [5.41, 5.74) is 1.24. The minimum Gasteiger partial charge on any atom is -0.465 e. The van der Waals surface area contributed by atoms with Crippen LogP contribution in [0.2, 0.25) is 5.02 Å². The molecular weight excluding hydrogens is 388 g/mol. The summed E-state index contributed by atoms with van der Waals surface area (Å²) >= 11 is 7.49. The Balaban J connectivity index is 1.89. The first-order chi connectivity index (χ1) is 12.9. The van der Waals surface area contributed by atoms with E-state index in [-0.39, 0.29) is 18.4 Å². The van der Waals surface area contributed by atoms with Gasteiger partial charge in [0, 0.05) is 4.90 Å². The van der Waals surface area contributed by atoms with Gasteiger partial charge in [0.2, 0.25) is 11.8 Å². The van der Waals surface area contributed by atoms with Crippen molar-refractivity contribution in [2.75, 3.05) is 23.9 Å². The van der Waals surface area contributed by atoms with Gasteiger partial charge in [0.05, 0.1) is 34.3 Å². The Morgan fingerprint density at radius 3 is 2.70 bits per heavy atom. The number of nitrogens with zero attached hydrogens (tertiary/aromatic N) is 1. The Morgan fingerprint density at radius 2 is 2.00 bits per heavy atom. The number of esters is 1. The van der Waals surface area contributed by atoms with E-state index in [1.165, 1.54) is 23.8 Å². The number of carbonyl (C=O) groups is 3. The van der Waals surface area contributed by atoms with Crippen LogP contribution in [0, 0.1) is 0 Å². The molecule has 1 heterocycles. The number of hydrogen-bond acceptors (Lipinski definition) is 5. The van der Waals surface area contributed by atoms with E-state index >= 15 is 0 Å². The van der Waals surface area contributed by atoms with Gasteiger partial charge < -0.3 is 10.1 Å². The largest absolute Gasteiger partial charge is 0.465 e. The first kappa shape index (κ1) is 19.3. The molecule has 3 rings (SSSR count). The van der Waals surface area contributed by atoms with Crippen molar-refractivity contribution < 1.29 is 19.1 Å². The lowest BCUT2D eigenvalue weighted by Crippen LogP contribution is -2.45. The Morgan fingerprint density at radius 1 is 1.26 bits per heavy atom. The molecule has 140 valence electrons. The molecule has 0 radical (unpaired) electrons. The first-order valence-corrected chi connectivity index (χ1v) is 9.41. The number of amides is 2. The second-order valence-electron chi connectivity index (χ2n) is 5.89. The molecule has 0 unspecified atom stereocenters. The van der Waals surface area contributed by atoms with E-state index in [9.17, 15) is 14.4 Å². The number of halogens is 1. The quantitative estimate of drug-likeness (QED) is 0.622. The van der Waals surface area contributed by atoms with Crippen molar-refractivity contribution >= 4 is 52.5 Å². The molecule has 0 fully saturated rings. The second-order valence-corrected chi connectivity index (χ2v) is 7.68. The fourth-order valence-corrected chi connectivity index (χ4v) is 3.94. The highest BCUT2D eigenvalue weighted by Gasteiger charge is 2.31. The number of hydrogen-bond donors (Lipinski definition) is 1. The van der Waals surface area contributed by atoms with E-state index in [1.807, 2.05) is 18.2 Å². The molecule has 2 amide bonds. The van der Waals surface area contributed by atoms with Gasteiger partial charge in [0.15, 0.2) is 0 Å². The van der Waals surface area contributed by atoms with Crippen LogP contribution >= 0.6 is 23.4 Å². The molecule has 27 heavy (non-hydrogen) atoms. The maximum Gasteiger partial charge on any atom is 0.337 e. The van der Waals surface area contributed by atoms with E-state index in [1.54, 1.807) is 31.2 Å². The van der Waals surface area contributed by atoms with Crippen molar-refractivity contribution in [1.82, 2.24) is 0 Å². The van der Waals surface area contributed by atoms with Crippen molar-refractivity contribution in [3.05, 3.63) is 53.1 Å². The zero-order chi connectivity index (χ0) is 19.6. The molecule has 1 aliphatic heterocycles. The van der Waals surface area contributed by atoms with Crippen LogP contribution in [0.4, 0.5) is 11.4 Å². The number of thioether (sulfide) groups is 1. The molecule has 0 saturated heterocycles. The van der Waals surface area contributed by atoms with Gasteiger partial charge in [-0.2, -0.15) is 0 Å². The van der Waals surface area contributed by atoms with E-state index in [0.29, 0.717) is 22.0 Å². The van der Waals surface area contributed by atoms with Gasteiger partial charge in [-0.05, 0) is 37.3 Å². The molecule has 2 aromatic rings. The third-order valence-electron chi connectivity index (χ3n) is 4.04. The zero-order valence-corrected chi connectivity index (χ0v) is 16.3. The fraction of sp³-hybridized carbons (Fsp3) is 0.211. The molecule has 6 nitrogen and oxygen atoms in total. The lowest BCUT2D eigenvalue weighted by atomic mass is 10.1. The number of benzene rings is 2. The van der Waals surface area contributed by atoms with Crippen molar-refractivity contribution in [1.29, 1.82) is 0 Å². The summed E-state index contributed by atoms with van der Waals surface area (Å²) in [4.78, 5) is 39.1. The Labute approximate surface area is 165 Å². The molecule has 0 aliphatic carbocycles. The van der Waals surface area contributed by atoms with Gasteiger partial charge in [-0.15, -0.1) is 11.8 Å². The molecule has 0 bridgehead atoms. The number of anilines is 2. The molecule has 2 aromatic carbocycles. The van der Waals surface area contributed by atoms with E-state index < -0.39 is 11.2 Å². The third kappa shape index (κ3) is 4.09. The lowest BCUT2D eigenvalue weighted by molar-refractivity contribution is -0.121. The molecule has 0 aromatic heterocycles. The zero-order valence-electron chi connectivity index (χ0n) is 14.7. The minimum absolute atomic E-state index is 0.121. The van der Waals surface area contributed by atoms with Crippen molar-refractivity contribution in [2.24, 2.45) is 0 Å². The lowest BCUT2D eigenvalue weighted by Gasteiger charge is -2.31. The molecule has 1 N–H and O–H groups in total. The number of methoxy groups -OCH3 is 1. The standard InChI is InChI=1S/C19H17ClN2O4S/c1-11(27-16-6-4-3-5-13(16)20)18(24)22-10-17(23)21-14-8-7-12(9-15(14)22)19(25)26-2/h3-9,11H,10H2,1-2H3,(H,21,23)/t11-/m0/s1. The van der Waals surface area contributed by atoms with Gasteiger partial charge in [-0.25, -0.2) is 4.79 Å². The summed E-state index contributed by atoms with van der Waals surface area (Å²) in [6, 6.07) is 11.9. The average Bonchev–Trinajstić information content (AvgIpc) is 2.67. The monoisotopic (exact) mass is 404 g/mol. The predicted molar refractivity (Wildman–Crippen MR) is 106 cm³/mol. The maximum atomic E-state index is 13.0. The summed E-state index contributed by atoms with van der Waals surface area (Å²) in [6.07, 6.45) is 0. The van der Waals surface area contributed by atoms with E-state index in [2.05, 4.69) is 5.32 Å². The van der Waals surface area contributed by atoms with Crippen LogP contribution in [-0.2, 0) is 14.3 Å². The third-order valence-corrected chi connectivity index (χ3v) is 5.65. The van der Waals surface area contributed by atoms with Crippen molar-refractivity contribution in [3.8, 4) is 0 Å². The van der Waals surface area contributed by atoms with Crippen LogP contribution in [0.25, 0.3) is 0 Å². The first-order valence-electron chi connectivity index (χ1n) is 8.15. The Kier molecular flexibility index (Phi) is 5.72. The van der Waals surface area contributed by atoms with Gasteiger partial charge >= 0.3 is 5.97 Å². The normalized spacial score (nSPS) is 14.2. The number of fused-ring (bicyclic) bond motifs is 1. The van der Waals surface area contributed by atoms with Crippen molar-refractivity contribution in [3.63, 3.8) is 0 Å². The molecular formula is C19H17ClN2O4S. The predicted octanol–water partition coefficient (Wildman–Crippen LogP) is 3.59. The number of rotatable bonds is 4. The summed E-state index contributed by atoms with van der Waals surface area (Å²) in [5, 5.41) is 2.79. The average molecular weight is 405 g/mol. The van der Waals surface area contributed by atoms with Crippen LogP contribution in [0.5, 0.6) is 0 Å². The topological polar surface area (TPSA) is 75.7 Å². The molecule has 1 aliphatic rings. The second kappa shape index (κ2) is 8.02. The number of ether oxygens (including phenoxy) is 1. The summed E-state index contributed by atoms with van der Waals surface area (Å²) in [5.74, 6) is -1.06. The summed E-state index contributed by atoms with van der Waals surface area (Å²) in [7, 11) is 1.29. The van der Waals surface area contributed by atoms with Crippen LogP contribution in [-0.4, -0.2) is 36.7 Å². The highest BCUT2D eigenvalue weighted by atomic mass is 35.5. The molecule has 1 atom stereocenters. The van der Waals surface area contributed by atoms with E-state index in [0.717, 1.165) is 4.90 Å². The summed E-state index contributed by atoms with van der Waals surface area (Å²) < 4.78 is 4.74. The minimum atomic E-state index is -0.513. The molecule has 0 saturated carbocycles. The van der Waals surface area contributed by atoms with Crippen molar-refractivity contribution in [2.45, 2.75) is 17.1 Å². The highest BCUT2D eigenvalue weighted by molar-refractivity contribution is 8.00. The van der Waals surface area contributed by atoms with Gasteiger partial charge in [0.1, 0.15) is 6.54 Å². The van der Waals surface area contributed by atoms with Gasteiger partial charge in [0.25, 0.3) is 0 Å². The smallest absolute Gasteiger partial charge is 0.337 e. The summed E-state index contributed by atoms with van der Waals surface area (Å²) in [6.45, 7) is 1.64. The van der Waals surface area contributed by atoms with Crippen LogP contribution < -0.4 is 10.2 Å². The van der Waals surface area contributed by atoms with Gasteiger partial charge in [-0.3, -0.25) is 14.5 Å². The molecule has 0 spiro atoms. The Bertz CT molecular complexity index is 918. The highest BCUT2D eigenvalue weighted by Crippen LogP contribution is 2.35. The van der Waals surface area contributed by atoms with E-state index in [4.69, 9.17) is 16.3 Å². The van der Waals surface area contributed by atoms with Crippen LogP contribution in [0.1, 0.15) is 17.3 Å². The SMILES string of the molecule is COC(=O)c1ccc2c(c1)N(C(=O)[C@H](C)Sc1ccccc1Cl)CC(=O)N2.